The highest BCUT2D eigenvalue weighted by Crippen LogP contribution is 2.19. The predicted molar refractivity (Wildman–Crippen MR) is 86.5 cm³/mol. The van der Waals surface area contributed by atoms with Crippen LogP contribution in [-0.4, -0.2) is 25.1 Å². The summed E-state index contributed by atoms with van der Waals surface area (Å²) in [7, 11) is 1.66. The number of carbonyl (C=O) groups is 1. The third-order valence-corrected chi connectivity index (χ3v) is 3.82. The maximum absolute atomic E-state index is 12.2. The van der Waals surface area contributed by atoms with E-state index in [-0.39, 0.29) is 24.0 Å². The number of ether oxygens (including phenoxy) is 1. The van der Waals surface area contributed by atoms with Crippen LogP contribution in [0.1, 0.15) is 52.1 Å². The Kier molecular flexibility index (Phi) is 7.23. The van der Waals surface area contributed by atoms with Crippen molar-refractivity contribution in [1.82, 2.24) is 10.6 Å². The van der Waals surface area contributed by atoms with E-state index in [2.05, 4.69) is 31.4 Å². The molecule has 4 heteroatoms. The van der Waals surface area contributed by atoms with Gasteiger partial charge in [-0.3, -0.25) is 10.1 Å². The summed E-state index contributed by atoms with van der Waals surface area (Å²) < 4.78 is 5.23. The van der Waals surface area contributed by atoms with E-state index < -0.39 is 0 Å². The molecule has 118 valence electrons. The van der Waals surface area contributed by atoms with Crippen molar-refractivity contribution < 1.29 is 9.53 Å². The molecule has 0 aromatic heterocycles. The van der Waals surface area contributed by atoms with E-state index in [1.54, 1.807) is 7.11 Å². The zero-order valence-electron chi connectivity index (χ0n) is 13.8. The van der Waals surface area contributed by atoms with Gasteiger partial charge in [0.05, 0.1) is 13.2 Å². The number of hydrogen-bond acceptors (Lipinski definition) is 3. The van der Waals surface area contributed by atoms with Crippen LogP contribution in [-0.2, 0) is 4.79 Å². The van der Waals surface area contributed by atoms with Crippen molar-refractivity contribution in [3.63, 3.8) is 0 Å². The Labute approximate surface area is 128 Å². The Bertz CT molecular complexity index is 444. The normalized spacial score (nSPS) is 13.8. The van der Waals surface area contributed by atoms with E-state index in [0.717, 1.165) is 24.2 Å². The van der Waals surface area contributed by atoms with E-state index in [1.807, 2.05) is 31.2 Å². The molecule has 0 spiro atoms. The first-order valence-electron chi connectivity index (χ1n) is 7.72. The smallest absolute Gasteiger partial charge is 0.237 e. The molecule has 21 heavy (non-hydrogen) atoms. The molecule has 0 fully saturated rings. The predicted octanol–water partition coefficient (Wildman–Crippen LogP) is 3.04. The largest absolute Gasteiger partial charge is 0.497 e. The molecule has 4 nitrogen and oxygen atoms in total. The molecule has 0 heterocycles. The van der Waals surface area contributed by atoms with Crippen LogP contribution in [0, 0.1) is 0 Å². The molecule has 0 bridgehead atoms. The second-order valence-corrected chi connectivity index (χ2v) is 5.41. The molecule has 1 rings (SSSR count). The third-order valence-electron chi connectivity index (χ3n) is 3.82. The molecule has 0 aliphatic carbocycles. The molecular formula is C17H28N2O2. The molecule has 1 aromatic rings. The fraction of sp³-hybridized carbons (Fsp3) is 0.588. The van der Waals surface area contributed by atoms with Crippen LogP contribution >= 0.6 is 0 Å². The number of amides is 1. The van der Waals surface area contributed by atoms with E-state index in [0.29, 0.717) is 0 Å². The molecule has 0 aliphatic heterocycles. The van der Waals surface area contributed by atoms with Gasteiger partial charge in [0.15, 0.2) is 0 Å². The van der Waals surface area contributed by atoms with Crippen molar-refractivity contribution in [2.45, 2.75) is 58.7 Å². The Morgan fingerprint density at radius 1 is 1.24 bits per heavy atom. The van der Waals surface area contributed by atoms with Crippen LogP contribution in [0.5, 0.6) is 5.75 Å². The van der Waals surface area contributed by atoms with Crippen molar-refractivity contribution in [3.05, 3.63) is 29.8 Å². The highest BCUT2D eigenvalue weighted by molar-refractivity contribution is 5.81. The highest BCUT2D eigenvalue weighted by atomic mass is 16.5. The van der Waals surface area contributed by atoms with Crippen molar-refractivity contribution in [3.8, 4) is 5.75 Å². The monoisotopic (exact) mass is 292 g/mol. The Morgan fingerprint density at radius 3 is 2.48 bits per heavy atom. The molecule has 2 atom stereocenters. The second kappa shape index (κ2) is 8.67. The fourth-order valence-corrected chi connectivity index (χ4v) is 2.28. The summed E-state index contributed by atoms with van der Waals surface area (Å²) in [5.41, 5.74) is 1.11. The molecule has 0 saturated heterocycles. The van der Waals surface area contributed by atoms with Gasteiger partial charge in [-0.2, -0.15) is 0 Å². The van der Waals surface area contributed by atoms with Gasteiger partial charge >= 0.3 is 0 Å². The maximum Gasteiger partial charge on any atom is 0.237 e. The van der Waals surface area contributed by atoms with Crippen LogP contribution in [0.4, 0.5) is 0 Å². The minimum atomic E-state index is -0.230. The summed E-state index contributed by atoms with van der Waals surface area (Å²) in [5.74, 6) is 0.883. The number of carbonyl (C=O) groups excluding carboxylic acids is 1. The number of rotatable bonds is 8. The van der Waals surface area contributed by atoms with Gasteiger partial charge in [-0.25, -0.2) is 0 Å². The van der Waals surface area contributed by atoms with Crippen LogP contribution in [0.2, 0.25) is 0 Å². The number of hydrogen-bond donors (Lipinski definition) is 2. The fourth-order valence-electron chi connectivity index (χ4n) is 2.28. The van der Waals surface area contributed by atoms with E-state index >= 15 is 0 Å². The average molecular weight is 292 g/mol. The lowest BCUT2D eigenvalue weighted by Gasteiger charge is -2.23. The minimum Gasteiger partial charge on any atom is -0.497 e. The quantitative estimate of drug-likeness (QED) is 0.774. The van der Waals surface area contributed by atoms with Gasteiger partial charge in [-0.1, -0.05) is 26.0 Å². The van der Waals surface area contributed by atoms with Gasteiger partial charge in [0, 0.05) is 12.1 Å². The summed E-state index contributed by atoms with van der Waals surface area (Å²) in [4.78, 5) is 12.2. The number of methoxy groups -OCH3 is 1. The summed E-state index contributed by atoms with van der Waals surface area (Å²) in [6, 6.07) is 8.01. The number of benzene rings is 1. The summed E-state index contributed by atoms with van der Waals surface area (Å²) in [6.45, 7) is 8.13. The van der Waals surface area contributed by atoms with E-state index in [9.17, 15) is 4.79 Å². The lowest BCUT2D eigenvalue weighted by Crippen LogP contribution is -2.46. The SMILES string of the molecule is CCC(CC)NC(=O)C(C)N[C@@H](C)c1cccc(OC)c1. The third kappa shape index (κ3) is 5.38. The van der Waals surface area contributed by atoms with Crippen LogP contribution < -0.4 is 15.4 Å². The van der Waals surface area contributed by atoms with Crippen molar-refractivity contribution >= 4 is 5.91 Å². The van der Waals surface area contributed by atoms with E-state index in [4.69, 9.17) is 4.74 Å². The van der Waals surface area contributed by atoms with Crippen LogP contribution in [0.3, 0.4) is 0 Å². The molecule has 0 aliphatic rings. The molecule has 2 N–H and O–H groups in total. The van der Waals surface area contributed by atoms with Gasteiger partial charge in [0.2, 0.25) is 5.91 Å². The second-order valence-electron chi connectivity index (χ2n) is 5.41. The number of nitrogens with one attached hydrogen (secondary N) is 2. The molecule has 1 unspecified atom stereocenters. The van der Waals surface area contributed by atoms with Crippen molar-refractivity contribution in [1.29, 1.82) is 0 Å². The zero-order valence-corrected chi connectivity index (χ0v) is 13.8. The first-order chi connectivity index (χ1) is 10.0. The van der Waals surface area contributed by atoms with E-state index in [1.165, 1.54) is 0 Å². The lowest BCUT2D eigenvalue weighted by molar-refractivity contribution is -0.123. The van der Waals surface area contributed by atoms with Gasteiger partial charge in [-0.05, 0) is 44.4 Å². The van der Waals surface area contributed by atoms with Crippen LogP contribution in [0.25, 0.3) is 0 Å². The minimum absolute atomic E-state index is 0.0541. The van der Waals surface area contributed by atoms with Gasteiger partial charge in [0.1, 0.15) is 5.75 Å². The molecule has 0 saturated carbocycles. The molecule has 1 amide bonds. The zero-order chi connectivity index (χ0) is 15.8. The first-order valence-corrected chi connectivity index (χ1v) is 7.72. The van der Waals surface area contributed by atoms with Gasteiger partial charge < -0.3 is 10.1 Å². The molecule has 0 radical (unpaired) electrons. The van der Waals surface area contributed by atoms with Crippen molar-refractivity contribution in [2.75, 3.05) is 7.11 Å². The Balaban J connectivity index is 2.60. The topological polar surface area (TPSA) is 50.4 Å². The summed E-state index contributed by atoms with van der Waals surface area (Å²) in [5, 5.41) is 6.40. The summed E-state index contributed by atoms with van der Waals surface area (Å²) in [6.07, 6.45) is 1.92. The Morgan fingerprint density at radius 2 is 1.90 bits per heavy atom. The lowest BCUT2D eigenvalue weighted by atomic mass is 10.1. The first kappa shape index (κ1) is 17.5. The summed E-state index contributed by atoms with van der Waals surface area (Å²) >= 11 is 0. The Hall–Kier alpha value is -1.55. The van der Waals surface area contributed by atoms with Gasteiger partial charge in [-0.15, -0.1) is 0 Å². The highest BCUT2D eigenvalue weighted by Gasteiger charge is 2.18. The van der Waals surface area contributed by atoms with Gasteiger partial charge in [0.25, 0.3) is 0 Å². The van der Waals surface area contributed by atoms with Crippen molar-refractivity contribution in [2.24, 2.45) is 0 Å². The standard InChI is InChI=1S/C17H28N2O2/c1-6-15(7-2)19-17(20)13(4)18-12(3)14-9-8-10-16(11-14)21-5/h8-13,15,18H,6-7H2,1-5H3,(H,19,20)/t12-,13?/m0/s1. The molecule has 1 aromatic carbocycles. The van der Waals surface area contributed by atoms with Crippen LogP contribution in [0.15, 0.2) is 24.3 Å². The maximum atomic E-state index is 12.2. The molecular weight excluding hydrogens is 264 g/mol. The average Bonchev–Trinajstić information content (AvgIpc) is 2.52.